The molecule has 2 unspecified atom stereocenters. The van der Waals surface area contributed by atoms with Gasteiger partial charge >= 0.3 is 0 Å². The molecule has 1 fully saturated rings. The molecule has 0 aliphatic carbocycles. The van der Waals surface area contributed by atoms with Crippen LogP contribution in [0.5, 0.6) is 0 Å². The molecule has 1 aliphatic rings. The number of aryl methyl sites for hydroxylation is 1. The van der Waals surface area contributed by atoms with Crippen LogP contribution in [-0.2, 0) is 17.6 Å². The second kappa shape index (κ2) is 8.28. The van der Waals surface area contributed by atoms with E-state index in [1.165, 1.54) is 5.56 Å². The molecule has 0 spiro atoms. The first-order valence-electron chi connectivity index (χ1n) is 7.27. The number of nitrogens with one attached hydrogen (secondary N) is 2. The fourth-order valence-electron chi connectivity index (χ4n) is 2.52. The van der Waals surface area contributed by atoms with E-state index in [1.807, 2.05) is 0 Å². The van der Waals surface area contributed by atoms with E-state index in [4.69, 9.17) is 0 Å². The van der Waals surface area contributed by atoms with Crippen LogP contribution in [0.1, 0.15) is 31.4 Å². The van der Waals surface area contributed by atoms with Gasteiger partial charge < -0.3 is 10.6 Å². The van der Waals surface area contributed by atoms with Gasteiger partial charge in [0.05, 0.1) is 6.42 Å². The maximum atomic E-state index is 12.0. The summed E-state index contributed by atoms with van der Waals surface area (Å²) < 4.78 is 0. The zero-order valence-corrected chi connectivity index (χ0v) is 13.1. The van der Waals surface area contributed by atoms with E-state index in [0.717, 1.165) is 31.5 Å². The van der Waals surface area contributed by atoms with Crippen LogP contribution in [0.2, 0.25) is 0 Å². The minimum absolute atomic E-state index is 0. The third-order valence-corrected chi connectivity index (χ3v) is 3.97. The summed E-state index contributed by atoms with van der Waals surface area (Å²) in [4.78, 5) is 12.0. The standard InChI is InChI=1S/C16H24N2O.ClH/c1-3-13-4-6-14(7-5-13)10-16(19)18-15-11-17-9-8-12(15)2;/h4-7,12,15,17H,3,8-11H2,1-2H3,(H,18,19);1H. The second-order valence-corrected chi connectivity index (χ2v) is 5.49. The predicted octanol–water partition coefficient (Wildman–Crippen LogP) is 2.33. The molecule has 2 N–H and O–H groups in total. The van der Waals surface area contributed by atoms with Crippen molar-refractivity contribution in [2.45, 2.75) is 39.2 Å². The second-order valence-electron chi connectivity index (χ2n) is 5.49. The van der Waals surface area contributed by atoms with Crippen molar-refractivity contribution in [1.82, 2.24) is 10.6 Å². The SMILES string of the molecule is CCc1ccc(CC(=O)NC2CNCCC2C)cc1.Cl. The number of hydrogen-bond donors (Lipinski definition) is 2. The molecule has 3 nitrogen and oxygen atoms in total. The van der Waals surface area contributed by atoms with Gasteiger partial charge in [-0.25, -0.2) is 0 Å². The van der Waals surface area contributed by atoms with E-state index in [-0.39, 0.29) is 24.4 Å². The molecule has 1 heterocycles. The van der Waals surface area contributed by atoms with Crippen molar-refractivity contribution >= 4 is 18.3 Å². The highest BCUT2D eigenvalue weighted by molar-refractivity contribution is 5.85. The van der Waals surface area contributed by atoms with E-state index in [1.54, 1.807) is 0 Å². The first-order valence-corrected chi connectivity index (χ1v) is 7.27. The zero-order valence-electron chi connectivity index (χ0n) is 12.3. The van der Waals surface area contributed by atoms with E-state index in [0.29, 0.717) is 12.3 Å². The topological polar surface area (TPSA) is 41.1 Å². The summed E-state index contributed by atoms with van der Waals surface area (Å²) in [5, 5.41) is 6.48. The van der Waals surface area contributed by atoms with Crippen LogP contribution in [0.15, 0.2) is 24.3 Å². The maximum absolute atomic E-state index is 12.0. The summed E-state index contributed by atoms with van der Waals surface area (Å²) in [6.07, 6.45) is 2.65. The Morgan fingerprint density at radius 2 is 1.95 bits per heavy atom. The quantitative estimate of drug-likeness (QED) is 0.895. The number of carbonyl (C=O) groups is 1. The Kier molecular flexibility index (Phi) is 7.03. The Bertz CT molecular complexity index is 419. The van der Waals surface area contributed by atoms with Crippen LogP contribution in [0.4, 0.5) is 0 Å². The third kappa shape index (κ3) is 4.80. The fourth-order valence-corrected chi connectivity index (χ4v) is 2.52. The Labute approximate surface area is 127 Å². The molecular weight excluding hydrogens is 272 g/mol. The highest BCUT2D eigenvalue weighted by Crippen LogP contribution is 2.12. The van der Waals surface area contributed by atoms with Gasteiger partial charge in [-0.3, -0.25) is 4.79 Å². The van der Waals surface area contributed by atoms with Gasteiger partial charge in [-0.2, -0.15) is 0 Å². The van der Waals surface area contributed by atoms with Crippen molar-refractivity contribution in [2.24, 2.45) is 5.92 Å². The summed E-state index contributed by atoms with van der Waals surface area (Å²) >= 11 is 0. The van der Waals surface area contributed by atoms with Crippen LogP contribution < -0.4 is 10.6 Å². The Hall–Kier alpha value is -1.06. The Morgan fingerprint density at radius 3 is 2.55 bits per heavy atom. The van der Waals surface area contributed by atoms with Gasteiger partial charge in [0.15, 0.2) is 0 Å². The van der Waals surface area contributed by atoms with Crippen LogP contribution >= 0.6 is 12.4 Å². The maximum Gasteiger partial charge on any atom is 0.224 e. The van der Waals surface area contributed by atoms with Gasteiger partial charge in [0.25, 0.3) is 0 Å². The van der Waals surface area contributed by atoms with Crippen molar-refractivity contribution in [1.29, 1.82) is 0 Å². The van der Waals surface area contributed by atoms with Gasteiger partial charge in [0, 0.05) is 12.6 Å². The molecule has 1 aromatic carbocycles. The molecule has 0 bridgehead atoms. The zero-order chi connectivity index (χ0) is 13.7. The number of halogens is 1. The predicted molar refractivity (Wildman–Crippen MR) is 85.4 cm³/mol. The van der Waals surface area contributed by atoms with Crippen molar-refractivity contribution in [3.05, 3.63) is 35.4 Å². The smallest absolute Gasteiger partial charge is 0.224 e. The van der Waals surface area contributed by atoms with Gasteiger partial charge in [0.1, 0.15) is 0 Å². The lowest BCUT2D eigenvalue weighted by atomic mass is 9.94. The lowest BCUT2D eigenvalue weighted by molar-refractivity contribution is -0.121. The Balaban J connectivity index is 0.00000200. The molecule has 0 aromatic heterocycles. The lowest BCUT2D eigenvalue weighted by Crippen LogP contribution is -2.50. The van der Waals surface area contributed by atoms with E-state index < -0.39 is 0 Å². The molecule has 1 amide bonds. The minimum atomic E-state index is 0. The first-order chi connectivity index (χ1) is 9.19. The average Bonchev–Trinajstić information content (AvgIpc) is 2.42. The molecule has 1 saturated heterocycles. The number of amides is 1. The van der Waals surface area contributed by atoms with Crippen LogP contribution in [0.25, 0.3) is 0 Å². The van der Waals surface area contributed by atoms with E-state index >= 15 is 0 Å². The van der Waals surface area contributed by atoms with Gasteiger partial charge in [-0.1, -0.05) is 38.1 Å². The molecular formula is C16H25ClN2O. The number of piperidine rings is 1. The highest BCUT2D eigenvalue weighted by atomic mass is 35.5. The van der Waals surface area contributed by atoms with Crippen molar-refractivity contribution < 1.29 is 4.79 Å². The molecule has 4 heteroatoms. The van der Waals surface area contributed by atoms with Crippen molar-refractivity contribution in [3.8, 4) is 0 Å². The van der Waals surface area contributed by atoms with E-state index in [9.17, 15) is 4.79 Å². The normalized spacial score (nSPS) is 21.9. The van der Waals surface area contributed by atoms with E-state index in [2.05, 4.69) is 48.7 Å². The molecule has 1 aromatic rings. The molecule has 2 rings (SSSR count). The van der Waals surface area contributed by atoms with Crippen LogP contribution in [-0.4, -0.2) is 25.0 Å². The number of rotatable bonds is 4. The van der Waals surface area contributed by atoms with Crippen molar-refractivity contribution in [3.63, 3.8) is 0 Å². The minimum Gasteiger partial charge on any atom is -0.352 e. The molecule has 0 saturated carbocycles. The molecule has 1 aliphatic heterocycles. The van der Waals surface area contributed by atoms with Crippen LogP contribution in [0, 0.1) is 5.92 Å². The van der Waals surface area contributed by atoms with Gasteiger partial charge in [-0.15, -0.1) is 12.4 Å². The Morgan fingerprint density at radius 1 is 1.30 bits per heavy atom. The average molecular weight is 297 g/mol. The monoisotopic (exact) mass is 296 g/mol. The summed E-state index contributed by atoms with van der Waals surface area (Å²) in [7, 11) is 0. The summed E-state index contributed by atoms with van der Waals surface area (Å²) in [5.74, 6) is 0.692. The highest BCUT2D eigenvalue weighted by Gasteiger charge is 2.22. The summed E-state index contributed by atoms with van der Waals surface area (Å²) in [5.41, 5.74) is 2.40. The van der Waals surface area contributed by atoms with Crippen LogP contribution in [0.3, 0.4) is 0 Å². The number of benzene rings is 1. The number of hydrogen-bond acceptors (Lipinski definition) is 2. The fraction of sp³-hybridized carbons (Fsp3) is 0.562. The molecule has 112 valence electrons. The largest absolute Gasteiger partial charge is 0.352 e. The molecule has 0 radical (unpaired) electrons. The van der Waals surface area contributed by atoms with Gasteiger partial charge in [-0.05, 0) is 36.4 Å². The van der Waals surface area contributed by atoms with Gasteiger partial charge in [0.2, 0.25) is 5.91 Å². The lowest BCUT2D eigenvalue weighted by Gasteiger charge is -2.30. The first kappa shape index (κ1) is 17.0. The molecule has 20 heavy (non-hydrogen) atoms. The summed E-state index contributed by atoms with van der Waals surface area (Å²) in [6.45, 7) is 6.30. The molecule has 2 atom stereocenters. The summed E-state index contributed by atoms with van der Waals surface area (Å²) in [6, 6.07) is 8.60. The third-order valence-electron chi connectivity index (χ3n) is 3.97. The number of carbonyl (C=O) groups excluding carboxylic acids is 1. The van der Waals surface area contributed by atoms with Crippen molar-refractivity contribution in [2.75, 3.05) is 13.1 Å².